The smallest absolute Gasteiger partial charge is 0.242 e. The van der Waals surface area contributed by atoms with E-state index in [-0.39, 0.29) is 29.8 Å². The fourth-order valence-corrected chi connectivity index (χ4v) is 2.86. The predicted molar refractivity (Wildman–Crippen MR) is 78.4 cm³/mol. The number of rotatable bonds is 4. The van der Waals surface area contributed by atoms with Crippen molar-refractivity contribution in [1.29, 1.82) is 0 Å². The average Bonchev–Trinajstić information content (AvgIpc) is 2.85. The summed E-state index contributed by atoms with van der Waals surface area (Å²) in [5, 5.41) is 5.67. The van der Waals surface area contributed by atoms with Crippen LogP contribution >= 0.6 is 0 Å². The number of carbonyl (C=O) groups excluding carboxylic acids is 3. The van der Waals surface area contributed by atoms with E-state index in [2.05, 4.69) is 10.6 Å². The van der Waals surface area contributed by atoms with E-state index in [1.807, 2.05) is 18.7 Å². The van der Waals surface area contributed by atoms with Crippen LogP contribution in [-0.2, 0) is 14.4 Å². The summed E-state index contributed by atoms with van der Waals surface area (Å²) in [7, 11) is 0. The zero-order valence-electron chi connectivity index (χ0n) is 12.9. The molecule has 0 saturated carbocycles. The maximum absolute atomic E-state index is 12.0. The summed E-state index contributed by atoms with van der Waals surface area (Å²) in [6.07, 6.45) is 3.17. The third kappa shape index (κ3) is 4.44. The summed E-state index contributed by atoms with van der Waals surface area (Å²) < 4.78 is 0. The lowest BCUT2D eigenvalue weighted by Gasteiger charge is -2.33. The molecule has 0 aromatic carbocycles. The first-order valence-electron chi connectivity index (χ1n) is 7.83. The summed E-state index contributed by atoms with van der Waals surface area (Å²) in [4.78, 5) is 37.0. The van der Waals surface area contributed by atoms with Crippen molar-refractivity contribution in [3.63, 3.8) is 0 Å². The van der Waals surface area contributed by atoms with E-state index in [1.165, 1.54) is 0 Å². The fourth-order valence-electron chi connectivity index (χ4n) is 2.86. The van der Waals surface area contributed by atoms with Gasteiger partial charge in [-0.05, 0) is 25.2 Å². The molecule has 1 atom stereocenters. The molecule has 2 heterocycles. The van der Waals surface area contributed by atoms with Gasteiger partial charge in [-0.2, -0.15) is 0 Å². The minimum Gasteiger partial charge on any atom is -0.351 e. The quantitative estimate of drug-likeness (QED) is 0.789. The monoisotopic (exact) mass is 295 g/mol. The molecular weight excluding hydrogens is 270 g/mol. The van der Waals surface area contributed by atoms with Gasteiger partial charge in [-0.15, -0.1) is 0 Å². The molecule has 2 fully saturated rings. The number of likely N-dealkylation sites (tertiary alicyclic amines) is 1. The number of nitrogens with one attached hydrogen (secondary N) is 2. The maximum Gasteiger partial charge on any atom is 0.242 e. The van der Waals surface area contributed by atoms with E-state index in [0.29, 0.717) is 38.3 Å². The molecule has 2 saturated heterocycles. The Morgan fingerprint density at radius 3 is 2.48 bits per heavy atom. The van der Waals surface area contributed by atoms with Gasteiger partial charge in [0.1, 0.15) is 6.04 Å². The van der Waals surface area contributed by atoms with Crippen LogP contribution in [0.1, 0.15) is 46.0 Å². The Morgan fingerprint density at radius 2 is 1.95 bits per heavy atom. The molecule has 0 radical (unpaired) electrons. The first kappa shape index (κ1) is 15.8. The first-order valence-corrected chi connectivity index (χ1v) is 7.83. The predicted octanol–water partition coefficient (Wildman–Crippen LogP) is 0.418. The number of hydrogen-bond acceptors (Lipinski definition) is 3. The number of nitrogens with zero attached hydrogens (tertiary/aromatic N) is 1. The lowest BCUT2D eigenvalue weighted by atomic mass is 10.0. The van der Waals surface area contributed by atoms with Gasteiger partial charge in [0.2, 0.25) is 17.7 Å². The topological polar surface area (TPSA) is 78.5 Å². The summed E-state index contributed by atoms with van der Waals surface area (Å²) >= 11 is 0. The highest BCUT2D eigenvalue weighted by atomic mass is 16.2. The standard InChI is InChI=1S/C15H25N3O3/c1-10(2)9-14(20)18-7-5-11(6-8-18)16-15(21)12-3-4-13(19)17-12/h10-12H,3-9H2,1-2H3,(H,16,21)(H,17,19). The first-order chi connectivity index (χ1) is 9.95. The summed E-state index contributed by atoms with van der Waals surface area (Å²) in [5.74, 6) is 0.441. The van der Waals surface area contributed by atoms with Crippen LogP contribution in [-0.4, -0.2) is 47.8 Å². The lowest BCUT2D eigenvalue weighted by molar-refractivity contribution is -0.133. The molecule has 2 aliphatic heterocycles. The van der Waals surface area contributed by atoms with Crippen LogP contribution in [0.4, 0.5) is 0 Å². The maximum atomic E-state index is 12.0. The molecule has 0 spiro atoms. The second kappa shape index (κ2) is 6.91. The molecular formula is C15H25N3O3. The normalized spacial score (nSPS) is 23.3. The van der Waals surface area contributed by atoms with Gasteiger partial charge in [0.05, 0.1) is 0 Å². The van der Waals surface area contributed by atoms with E-state index in [1.54, 1.807) is 0 Å². The number of piperidine rings is 1. The van der Waals surface area contributed by atoms with Crippen molar-refractivity contribution in [3.8, 4) is 0 Å². The van der Waals surface area contributed by atoms with Crippen molar-refractivity contribution in [2.75, 3.05) is 13.1 Å². The Balaban J connectivity index is 1.72. The van der Waals surface area contributed by atoms with E-state index >= 15 is 0 Å². The Kier molecular flexibility index (Phi) is 5.20. The van der Waals surface area contributed by atoms with E-state index < -0.39 is 0 Å². The molecule has 0 bridgehead atoms. The van der Waals surface area contributed by atoms with Crippen LogP contribution in [0.15, 0.2) is 0 Å². The van der Waals surface area contributed by atoms with E-state index in [0.717, 1.165) is 12.8 Å². The van der Waals surface area contributed by atoms with E-state index in [9.17, 15) is 14.4 Å². The second-order valence-electron chi connectivity index (χ2n) is 6.42. The van der Waals surface area contributed by atoms with Crippen LogP contribution in [0.2, 0.25) is 0 Å². The van der Waals surface area contributed by atoms with Gasteiger partial charge in [-0.25, -0.2) is 0 Å². The Morgan fingerprint density at radius 1 is 1.29 bits per heavy atom. The van der Waals surface area contributed by atoms with Crippen LogP contribution in [0, 0.1) is 5.92 Å². The van der Waals surface area contributed by atoms with Crippen LogP contribution in [0.25, 0.3) is 0 Å². The van der Waals surface area contributed by atoms with Crippen molar-refractivity contribution >= 4 is 17.7 Å². The molecule has 2 aliphatic rings. The van der Waals surface area contributed by atoms with Gasteiger partial charge >= 0.3 is 0 Å². The molecule has 6 heteroatoms. The average molecular weight is 295 g/mol. The summed E-state index contributed by atoms with van der Waals surface area (Å²) in [6, 6.07) is -0.267. The SMILES string of the molecule is CC(C)CC(=O)N1CCC(NC(=O)C2CCC(=O)N2)CC1. The highest BCUT2D eigenvalue weighted by Crippen LogP contribution is 2.14. The van der Waals surface area contributed by atoms with Crippen molar-refractivity contribution in [3.05, 3.63) is 0 Å². The summed E-state index contributed by atoms with van der Waals surface area (Å²) in [6.45, 7) is 5.49. The lowest BCUT2D eigenvalue weighted by Crippen LogP contribution is -2.50. The molecule has 2 rings (SSSR count). The van der Waals surface area contributed by atoms with Crippen molar-refractivity contribution in [1.82, 2.24) is 15.5 Å². The molecule has 0 aromatic heterocycles. The zero-order chi connectivity index (χ0) is 15.4. The highest BCUT2D eigenvalue weighted by molar-refractivity contribution is 5.90. The van der Waals surface area contributed by atoms with Crippen LogP contribution in [0.5, 0.6) is 0 Å². The Hall–Kier alpha value is -1.59. The van der Waals surface area contributed by atoms with Gasteiger partial charge in [-0.3, -0.25) is 14.4 Å². The molecule has 2 N–H and O–H groups in total. The minimum atomic E-state index is -0.377. The fraction of sp³-hybridized carbons (Fsp3) is 0.800. The third-order valence-corrected chi connectivity index (χ3v) is 4.09. The van der Waals surface area contributed by atoms with Crippen LogP contribution in [0.3, 0.4) is 0 Å². The molecule has 3 amide bonds. The summed E-state index contributed by atoms with van der Waals surface area (Å²) in [5.41, 5.74) is 0. The molecule has 6 nitrogen and oxygen atoms in total. The van der Waals surface area contributed by atoms with Crippen molar-refractivity contribution < 1.29 is 14.4 Å². The Bertz CT molecular complexity index is 414. The van der Waals surface area contributed by atoms with Gasteiger partial charge in [0.15, 0.2) is 0 Å². The van der Waals surface area contributed by atoms with Gasteiger partial charge < -0.3 is 15.5 Å². The van der Waals surface area contributed by atoms with Gasteiger partial charge in [0.25, 0.3) is 0 Å². The van der Waals surface area contributed by atoms with Crippen molar-refractivity contribution in [2.45, 2.75) is 58.0 Å². The highest BCUT2D eigenvalue weighted by Gasteiger charge is 2.30. The zero-order valence-corrected chi connectivity index (χ0v) is 12.9. The van der Waals surface area contributed by atoms with Crippen molar-refractivity contribution in [2.24, 2.45) is 5.92 Å². The minimum absolute atomic E-state index is 0.0516. The number of carbonyl (C=O) groups is 3. The van der Waals surface area contributed by atoms with E-state index in [4.69, 9.17) is 0 Å². The number of hydrogen-bond donors (Lipinski definition) is 2. The van der Waals surface area contributed by atoms with Crippen LogP contribution < -0.4 is 10.6 Å². The van der Waals surface area contributed by atoms with Gasteiger partial charge in [-0.1, -0.05) is 13.8 Å². The number of amides is 3. The molecule has 0 aromatic rings. The molecule has 1 unspecified atom stereocenters. The molecule has 21 heavy (non-hydrogen) atoms. The molecule has 0 aliphatic carbocycles. The Labute approximate surface area is 125 Å². The second-order valence-corrected chi connectivity index (χ2v) is 6.42. The van der Waals surface area contributed by atoms with Gasteiger partial charge in [0, 0.05) is 32.0 Å². The molecule has 118 valence electrons. The largest absolute Gasteiger partial charge is 0.351 e. The third-order valence-electron chi connectivity index (χ3n) is 4.09.